The van der Waals surface area contributed by atoms with E-state index >= 15 is 0 Å². The number of aryl methyl sites for hydroxylation is 1. The molecule has 0 heterocycles. The number of nitrogens with two attached hydrogens (primary N) is 1. The van der Waals surface area contributed by atoms with Crippen LogP contribution in [0.3, 0.4) is 0 Å². The molecule has 23 heavy (non-hydrogen) atoms. The van der Waals surface area contributed by atoms with Crippen LogP contribution in [0.5, 0.6) is 0 Å². The van der Waals surface area contributed by atoms with E-state index in [2.05, 4.69) is 5.32 Å². The molecule has 0 spiro atoms. The van der Waals surface area contributed by atoms with Crippen LogP contribution >= 0.6 is 0 Å². The zero-order valence-corrected chi connectivity index (χ0v) is 12.7. The van der Waals surface area contributed by atoms with Crippen molar-refractivity contribution in [2.75, 3.05) is 5.73 Å². The highest BCUT2D eigenvalue weighted by Gasteiger charge is 2.28. The topological polar surface area (TPSA) is 136 Å². The first-order valence-corrected chi connectivity index (χ1v) is 7.37. The number of rotatable bonds is 4. The number of nitro benzene ring substituents is 1. The van der Waals surface area contributed by atoms with Crippen molar-refractivity contribution >= 4 is 23.3 Å². The van der Waals surface area contributed by atoms with Gasteiger partial charge in [-0.05, 0) is 44.2 Å². The Hall–Kier alpha value is -2.64. The molecule has 1 aliphatic rings. The third-order valence-corrected chi connectivity index (χ3v) is 4.16. The third-order valence-electron chi connectivity index (χ3n) is 4.16. The van der Waals surface area contributed by atoms with E-state index in [0.717, 1.165) is 0 Å². The quantitative estimate of drug-likeness (QED) is 0.440. The molecular weight excluding hydrogens is 302 g/mol. The van der Waals surface area contributed by atoms with Crippen LogP contribution in [0.4, 0.5) is 11.4 Å². The van der Waals surface area contributed by atoms with E-state index in [0.29, 0.717) is 31.2 Å². The van der Waals surface area contributed by atoms with Gasteiger partial charge in [-0.2, -0.15) is 0 Å². The molecule has 0 saturated heterocycles. The van der Waals surface area contributed by atoms with Crippen LogP contribution in [-0.2, 0) is 4.79 Å². The van der Waals surface area contributed by atoms with Crippen LogP contribution < -0.4 is 11.1 Å². The van der Waals surface area contributed by atoms with Crippen LogP contribution in [0.2, 0.25) is 0 Å². The summed E-state index contributed by atoms with van der Waals surface area (Å²) in [6.07, 6.45) is 2.14. The summed E-state index contributed by atoms with van der Waals surface area (Å²) in [5, 5.41) is 22.7. The van der Waals surface area contributed by atoms with Gasteiger partial charge in [0.1, 0.15) is 5.69 Å². The highest BCUT2D eigenvalue weighted by atomic mass is 16.6. The first-order chi connectivity index (χ1) is 10.8. The van der Waals surface area contributed by atoms with Crippen LogP contribution in [0.1, 0.15) is 41.6 Å². The van der Waals surface area contributed by atoms with Gasteiger partial charge in [-0.1, -0.05) is 0 Å². The van der Waals surface area contributed by atoms with Gasteiger partial charge in [0.25, 0.3) is 11.6 Å². The molecule has 0 aromatic heterocycles. The molecule has 8 nitrogen and oxygen atoms in total. The number of carbonyl (C=O) groups excluding carboxylic acids is 1. The van der Waals surface area contributed by atoms with Gasteiger partial charge in [0.05, 0.1) is 16.4 Å². The van der Waals surface area contributed by atoms with Crippen molar-refractivity contribution in [1.29, 1.82) is 0 Å². The van der Waals surface area contributed by atoms with Gasteiger partial charge in [0.15, 0.2) is 0 Å². The fraction of sp³-hybridized carbons (Fsp3) is 0.467. The molecule has 1 aliphatic carbocycles. The van der Waals surface area contributed by atoms with Gasteiger partial charge in [0.2, 0.25) is 0 Å². The van der Waals surface area contributed by atoms with E-state index in [1.165, 1.54) is 12.1 Å². The summed E-state index contributed by atoms with van der Waals surface area (Å²) < 4.78 is 0. The van der Waals surface area contributed by atoms with Gasteiger partial charge < -0.3 is 16.2 Å². The van der Waals surface area contributed by atoms with Gasteiger partial charge in [0, 0.05) is 12.1 Å². The van der Waals surface area contributed by atoms with E-state index in [-0.39, 0.29) is 28.9 Å². The molecular formula is C15H19N3O5. The molecule has 0 aliphatic heterocycles. The van der Waals surface area contributed by atoms with Gasteiger partial charge in [-0.3, -0.25) is 19.7 Å². The van der Waals surface area contributed by atoms with E-state index in [4.69, 9.17) is 10.8 Å². The number of carboxylic acid groups (broad SMARTS) is 1. The number of nitrogens with zero attached hydrogens (tertiary/aromatic N) is 1. The third kappa shape index (κ3) is 3.77. The summed E-state index contributed by atoms with van der Waals surface area (Å²) in [5.41, 5.74) is 5.95. The van der Waals surface area contributed by atoms with E-state index in [1.54, 1.807) is 6.92 Å². The molecule has 0 atom stereocenters. The number of carbonyl (C=O) groups is 2. The number of anilines is 1. The van der Waals surface area contributed by atoms with Crippen molar-refractivity contribution < 1.29 is 19.6 Å². The van der Waals surface area contributed by atoms with E-state index in [9.17, 15) is 19.7 Å². The number of nitrogen functional groups attached to an aromatic ring is 1. The van der Waals surface area contributed by atoms with Crippen molar-refractivity contribution in [3.8, 4) is 0 Å². The van der Waals surface area contributed by atoms with Crippen molar-refractivity contribution in [1.82, 2.24) is 5.32 Å². The van der Waals surface area contributed by atoms with Crippen LogP contribution in [0, 0.1) is 23.0 Å². The second-order valence-electron chi connectivity index (χ2n) is 5.86. The standard InChI is InChI=1S/C15H19N3O5/c1-8-6-11(13(16)12(7-8)18(22)23)14(19)17-10-4-2-9(3-5-10)15(20)21/h6-7,9-10H,2-5,16H2,1H3,(H,17,19)(H,20,21). The van der Waals surface area contributed by atoms with E-state index in [1.807, 2.05) is 0 Å². The monoisotopic (exact) mass is 321 g/mol. The summed E-state index contributed by atoms with van der Waals surface area (Å²) in [7, 11) is 0. The number of hydrogen-bond acceptors (Lipinski definition) is 5. The Morgan fingerprint density at radius 3 is 2.43 bits per heavy atom. The lowest BCUT2D eigenvalue weighted by Gasteiger charge is -2.27. The average molecular weight is 321 g/mol. The molecule has 1 aromatic rings. The molecule has 8 heteroatoms. The number of hydrogen-bond donors (Lipinski definition) is 3. The Morgan fingerprint density at radius 1 is 1.30 bits per heavy atom. The van der Waals surface area contributed by atoms with Crippen molar-refractivity contribution in [3.63, 3.8) is 0 Å². The molecule has 1 fully saturated rings. The van der Waals surface area contributed by atoms with Crippen LogP contribution in [-0.4, -0.2) is 27.9 Å². The Balaban J connectivity index is 2.10. The maximum atomic E-state index is 12.3. The summed E-state index contributed by atoms with van der Waals surface area (Å²) in [6, 6.07) is 2.70. The molecule has 0 bridgehead atoms. The molecule has 1 saturated carbocycles. The lowest BCUT2D eigenvalue weighted by Crippen LogP contribution is -2.39. The first kappa shape index (κ1) is 16.7. The highest BCUT2D eigenvalue weighted by molar-refractivity contribution is 6.01. The van der Waals surface area contributed by atoms with Gasteiger partial charge in [-0.25, -0.2) is 0 Å². The summed E-state index contributed by atoms with van der Waals surface area (Å²) in [5.74, 6) is -1.64. The fourth-order valence-corrected chi connectivity index (χ4v) is 2.87. The lowest BCUT2D eigenvalue weighted by molar-refractivity contribution is -0.384. The van der Waals surface area contributed by atoms with Crippen LogP contribution in [0.15, 0.2) is 12.1 Å². The summed E-state index contributed by atoms with van der Waals surface area (Å²) in [6.45, 7) is 1.65. The predicted octanol–water partition coefficient (Wildman–Crippen LogP) is 1.86. The first-order valence-electron chi connectivity index (χ1n) is 7.37. The van der Waals surface area contributed by atoms with Gasteiger partial charge >= 0.3 is 5.97 Å². The molecule has 1 amide bonds. The van der Waals surface area contributed by atoms with Crippen molar-refractivity contribution in [2.45, 2.75) is 38.6 Å². The molecule has 1 aromatic carbocycles. The smallest absolute Gasteiger partial charge is 0.306 e. The normalized spacial score (nSPS) is 20.7. The van der Waals surface area contributed by atoms with Gasteiger partial charge in [-0.15, -0.1) is 0 Å². The zero-order valence-electron chi connectivity index (χ0n) is 12.7. The number of nitro groups is 1. The second-order valence-corrected chi connectivity index (χ2v) is 5.86. The molecule has 4 N–H and O–H groups in total. The highest BCUT2D eigenvalue weighted by Crippen LogP contribution is 2.28. The molecule has 0 radical (unpaired) electrons. The minimum Gasteiger partial charge on any atom is -0.481 e. The predicted molar refractivity (Wildman–Crippen MR) is 83.1 cm³/mol. The Bertz CT molecular complexity index is 651. The largest absolute Gasteiger partial charge is 0.481 e. The lowest BCUT2D eigenvalue weighted by atomic mass is 9.86. The number of aliphatic carboxylic acids is 1. The summed E-state index contributed by atoms with van der Waals surface area (Å²) in [4.78, 5) is 33.6. The van der Waals surface area contributed by atoms with Crippen molar-refractivity contribution in [3.05, 3.63) is 33.4 Å². The maximum absolute atomic E-state index is 12.3. The number of amides is 1. The molecule has 124 valence electrons. The minimum absolute atomic E-state index is 0.0806. The second kappa shape index (κ2) is 6.64. The number of carboxylic acids is 1. The SMILES string of the molecule is Cc1cc(C(=O)NC2CCC(C(=O)O)CC2)c(N)c([N+](=O)[O-])c1. The van der Waals surface area contributed by atoms with E-state index < -0.39 is 16.8 Å². The average Bonchev–Trinajstić information content (AvgIpc) is 2.49. The zero-order chi connectivity index (χ0) is 17.1. The summed E-state index contributed by atoms with van der Waals surface area (Å²) >= 11 is 0. The molecule has 0 unspecified atom stereocenters. The number of benzene rings is 1. The number of nitrogens with one attached hydrogen (secondary N) is 1. The Labute approximate surface area is 132 Å². The van der Waals surface area contributed by atoms with Crippen molar-refractivity contribution in [2.24, 2.45) is 5.92 Å². The maximum Gasteiger partial charge on any atom is 0.306 e. The Kier molecular flexibility index (Phi) is 4.83. The Morgan fingerprint density at radius 2 is 1.91 bits per heavy atom. The van der Waals surface area contributed by atoms with Crippen LogP contribution in [0.25, 0.3) is 0 Å². The molecule has 2 rings (SSSR count). The minimum atomic E-state index is -0.812. The fourth-order valence-electron chi connectivity index (χ4n) is 2.87.